The summed E-state index contributed by atoms with van der Waals surface area (Å²) in [5.74, 6) is 1.36. The second-order valence-corrected chi connectivity index (χ2v) is 7.33. The van der Waals surface area contributed by atoms with Gasteiger partial charge in [0.2, 0.25) is 0 Å². The molecule has 160 valence electrons. The molecule has 5 rings (SSSR count). The van der Waals surface area contributed by atoms with Crippen molar-refractivity contribution in [2.45, 2.75) is 19.4 Å². The highest BCUT2D eigenvalue weighted by Gasteiger charge is 2.37. The van der Waals surface area contributed by atoms with E-state index in [0.29, 0.717) is 29.3 Å². The van der Waals surface area contributed by atoms with Crippen LogP contribution in [0.4, 0.5) is 17.2 Å². The van der Waals surface area contributed by atoms with E-state index in [-0.39, 0.29) is 11.9 Å². The summed E-state index contributed by atoms with van der Waals surface area (Å²) in [4.78, 5) is 17.3. The van der Waals surface area contributed by atoms with Crippen molar-refractivity contribution in [2.24, 2.45) is 7.05 Å². The Bertz CT molecular complexity index is 1290. The molecule has 0 saturated heterocycles. The fourth-order valence-electron chi connectivity index (χ4n) is 3.92. The van der Waals surface area contributed by atoms with E-state index >= 15 is 0 Å². The van der Waals surface area contributed by atoms with Crippen LogP contribution in [0.5, 0.6) is 0 Å². The molecule has 0 radical (unpaired) electrons. The van der Waals surface area contributed by atoms with E-state index in [2.05, 4.69) is 25.3 Å². The van der Waals surface area contributed by atoms with Crippen molar-refractivity contribution in [2.75, 3.05) is 9.80 Å². The van der Waals surface area contributed by atoms with Crippen LogP contribution < -0.4 is 9.80 Å². The molecule has 0 aromatic carbocycles. The van der Waals surface area contributed by atoms with Crippen molar-refractivity contribution in [3.63, 3.8) is 0 Å². The van der Waals surface area contributed by atoms with Crippen LogP contribution in [0.25, 0.3) is 22.8 Å². The van der Waals surface area contributed by atoms with E-state index in [4.69, 9.17) is 15.8 Å². The van der Waals surface area contributed by atoms with E-state index in [1.54, 1.807) is 29.5 Å². The second kappa shape index (κ2) is 7.69. The number of amidine groups is 1. The van der Waals surface area contributed by atoms with Crippen LogP contribution >= 0.6 is 0 Å². The van der Waals surface area contributed by atoms with E-state index < -0.39 is 0 Å². The number of hydrogen-bond donors (Lipinski definition) is 3. The number of fused-ring (bicyclic) bond motifs is 1. The van der Waals surface area contributed by atoms with Crippen LogP contribution in [0.1, 0.15) is 13.3 Å². The van der Waals surface area contributed by atoms with Crippen LogP contribution in [0.3, 0.4) is 0 Å². The van der Waals surface area contributed by atoms with Crippen LogP contribution in [0, 0.1) is 10.8 Å². The lowest BCUT2D eigenvalue weighted by atomic mass is 10.1. The monoisotopic (exact) mass is 427 g/mol. The predicted molar refractivity (Wildman–Crippen MR) is 121 cm³/mol. The molecular formula is C21H21N11. The number of rotatable bonds is 5. The Kier molecular flexibility index (Phi) is 4.70. The molecule has 3 N–H and O–H groups in total. The SMILES string of the molecule is CCC1C(=N)N(C=N)c2cnc(-c3cn[nH]c3-c3ccccn3)nc2N1c1cnn(C)c1. The van der Waals surface area contributed by atoms with Gasteiger partial charge in [-0.2, -0.15) is 10.2 Å². The number of pyridine rings is 1. The maximum Gasteiger partial charge on any atom is 0.165 e. The number of anilines is 3. The van der Waals surface area contributed by atoms with Crippen molar-refractivity contribution >= 4 is 29.4 Å². The average molecular weight is 427 g/mol. The molecule has 0 amide bonds. The van der Waals surface area contributed by atoms with Gasteiger partial charge in [0.1, 0.15) is 11.5 Å². The Labute approximate surface area is 183 Å². The first-order valence-corrected chi connectivity index (χ1v) is 10.1. The molecule has 4 aromatic rings. The Morgan fingerprint density at radius 1 is 1.19 bits per heavy atom. The summed E-state index contributed by atoms with van der Waals surface area (Å²) in [7, 11) is 1.85. The van der Waals surface area contributed by atoms with Gasteiger partial charge >= 0.3 is 0 Å². The van der Waals surface area contributed by atoms with Gasteiger partial charge in [-0.1, -0.05) is 13.0 Å². The summed E-state index contributed by atoms with van der Waals surface area (Å²) in [5, 5.41) is 28.1. The standard InChI is InChI=1S/C21H21N11/c1-3-16-19(23)31(12-22)17-10-25-20(28-21(17)32(16)13-8-27-30(2)11-13)14-9-26-29-18(14)15-6-4-5-7-24-15/h4-12,16,22-23H,3H2,1-2H3,(H,26,29). The molecule has 0 spiro atoms. The maximum absolute atomic E-state index is 8.69. The van der Waals surface area contributed by atoms with Crippen molar-refractivity contribution in [1.29, 1.82) is 10.8 Å². The topological polar surface area (TPSA) is 139 Å². The molecule has 11 nitrogen and oxygen atoms in total. The third-order valence-electron chi connectivity index (χ3n) is 5.41. The van der Waals surface area contributed by atoms with Crippen LogP contribution in [-0.4, -0.2) is 53.1 Å². The number of H-pyrrole nitrogens is 1. The normalized spacial score (nSPS) is 15.7. The highest BCUT2D eigenvalue weighted by atomic mass is 15.4. The van der Waals surface area contributed by atoms with Gasteiger partial charge in [0.05, 0.1) is 53.6 Å². The van der Waals surface area contributed by atoms with Gasteiger partial charge in [0, 0.05) is 19.4 Å². The van der Waals surface area contributed by atoms with E-state index in [9.17, 15) is 0 Å². The summed E-state index contributed by atoms with van der Waals surface area (Å²) < 4.78 is 1.71. The van der Waals surface area contributed by atoms with Gasteiger partial charge < -0.3 is 4.90 Å². The minimum atomic E-state index is -0.310. The zero-order valence-electron chi connectivity index (χ0n) is 17.6. The molecule has 0 aliphatic carbocycles. The van der Waals surface area contributed by atoms with Gasteiger partial charge in [-0.05, 0) is 18.6 Å². The Morgan fingerprint density at radius 3 is 2.75 bits per heavy atom. The molecule has 32 heavy (non-hydrogen) atoms. The predicted octanol–water partition coefficient (Wildman–Crippen LogP) is 2.98. The zero-order valence-corrected chi connectivity index (χ0v) is 17.6. The van der Waals surface area contributed by atoms with Crippen LogP contribution in [0.15, 0.2) is 49.2 Å². The van der Waals surface area contributed by atoms with E-state index in [1.807, 2.05) is 43.3 Å². The quantitative estimate of drug-likeness (QED) is 0.328. The molecule has 11 heteroatoms. The number of aromatic nitrogens is 7. The second-order valence-electron chi connectivity index (χ2n) is 7.33. The molecule has 5 heterocycles. The first-order chi connectivity index (χ1) is 15.6. The Hall–Kier alpha value is -4.41. The molecule has 1 unspecified atom stereocenters. The molecule has 0 saturated carbocycles. The summed E-state index contributed by atoms with van der Waals surface area (Å²) in [6.45, 7) is 2.01. The minimum absolute atomic E-state index is 0.285. The largest absolute Gasteiger partial charge is 0.311 e. The Morgan fingerprint density at radius 2 is 2.06 bits per heavy atom. The van der Waals surface area contributed by atoms with Crippen molar-refractivity contribution in [3.8, 4) is 22.8 Å². The fourth-order valence-corrected chi connectivity index (χ4v) is 3.92. The summed E-state index contributed by atoms with van der Waals surface area (Å²) in [6.07, 6.45) is 10.5. The average Bonchev–Trinajstić information content (AvgIpc) is 3.48. The van der Waals surface area contributed by atoms with Gasteiger partial charge in [-0.25, -0.2) is 9.97 Å². The van der Waals surface area contributed by atoms with Gasteiger partial charge in [-0.3, -0.25) is 30.5 Å². The van der Waals surface area contributed by atoms with Gasteiger partial charge in [0.15, 0.2) is 11.6 Å². The van der Waals surface area contributed by atoms with Crippen LogP contribution in [-0.2, 0) is 7.05 Å². The molecule has 1 aliphatic heterocycles. The van der Waals surface area contributed by atoms with E-state index in [1.165, 1.54) is 4.90 Å². The number of aryl methyl sites for hydroxylation is 1. The first kappa shape index (κ1) is 19.5. The lowest BCUT2D eigenvalue weighted by Gasteiger charge is -2.41. The molecule has 0 fully saturated rings. The fraction of sp³-hybridized carbons (Fsp3) is 0.190. The zero-order chi connectivity index (χ0) is 22.2. The summed E-state index contributed by atoms with van der Waals surface area (Å²) in [6, 6.07) is 5.34. The van der Waals surface area contributed by atoms with Crippen molar-refractivity contribution in [3.05, 3.63) is 49.2 Å². The number of hydrogen-bond acceptors (Lipinski definition) is 8. The highest BCUT2D eigenvalue weighted by Crippen LogP contribution is 2.40. The third-order valence-corrected chi connectivity index (χ3v) is 5.41. The highest BCUT2D eigenvalue weighted by molar-refractivity contribution is 6.17. The summed E-state index contributed by atoms with van der Waals surface area (Å²) >= 11 is 0. The van der Waals surface area contributed by atoms with Crippen molar-refractivity contribution in [1.82, 2.24) is 34.9 Å². The lowest BCUT2D eigenvalue weighted by Crippen LogP contribution is -2.51. The lowest BCUT2D eigenvalue weighted by molar-refractivity contribution is 0.745. The Balaban J connectivity index is 1.70. The molecule has 0 bridgehead atoms. The third kappa shape index (κ3) is 3.02. The summed E-state index contributed by atoms with van der Waals surface area (Å²) in [5.41, 5.74) is 3.55. The number of aromatic amines is 1. The number of nitrogens with zero attached hydrogens (tertiary/aromatic N) is 8. The van der Waals surface area contributed by atoms with Crippen molar-refractivity contribution < 1.29 is 0 Å². The van der Waals surface area contributed by atoms with Gasteiger partial charge in [0.25, 0.3) is 0 Å². The number of nitrogens with one attached hydrogen (secondary N) is 3. The molecule has 4 aromatic heterocycles. The maximum atomic E-state index is 8.69. The smallest absolute Gasteiger partial charge is 0.165 e. The van der Waals surface area contributed by atoms with Gasteiger partial charge in [-0.15, -0.1) is 0 Å². The van der Waals surface area contributed by atoms with Crippen LogP contribution in [0.2, 0.25) is 0 Å². The first-order valence-electron chi connectivity index (χ1n) is 10.1. The molecule has 1 aliphatic rings. The minimum Gasteiger partial charge on any atom is -0.311 e. The molecular weight excluding hydrogens is 406 g/mol. The van der Waals surface area contributed by atoms with E-state index in [0.717, 1.165) is 23.4 Å². The molecule has 1 atom stereocenters.